The van der Waals surface area contributed by atoms with Gasteiger partial charge in [-0.2, -0.15) is 0 Å². The Bertz CT molecular complexity index is 394. The standard InChI is InChI=1S/C25H50N2O4/c1-3-5-7-9-11-13-16-20-26(24(28)29)22-18-15-19-23-27(25(30)31)21-17-14-12-10-8-6-4-2/h3-23H2,1-2H3,(H,28,29)(H,30,31). The van der Waals surface area contributed by atoms with Crippen molar-refractivity contribution in [3.05, 3.63) is 0 Å². The van der Waals surface area contributed by atoms with Gasteiger partial charge in [0.15, 0.2) is 0 Å². The molecule has 0 radical (unpaired) electrons. The van der Waals surface area contributed by atoms with Crippen LogP contribution in [0.3, 0.4) is 0 Å². The number of unbranched alkanes of at least 4 members (excludes halogenated alkanes) is 14. The molecule has 0 rings (SSSR count). The van der Waals surface area contributed by atoms with Crippen LogP contribution in [0, 0.1) is 0 Å². The summed E-state index contributed by atoms with van der Waals surface area (Å²) in [5.41, 5.74) is 0. The third kappa shape index (κ3) is 19.0. The molecule has 31 heavy (non-hydrogen) atoms. The van der Waals surface area contributed by atoms with E-state index in [1.807, 2.05) is 0 Å². The molecule has 0 bridgehead atoms. The maximum atomic E-state index is 11.4. The first-order valence-corrected chi connectivity index (χ1v) is 13.0. The van der Waals surface area contributed by atoms with Gasteiger partial charge in [-0.05, 0) is 32.1 Å². The first-order valence-electron chi connectivity index (χ1n) is 13.0. The molecule has 184 valence electrons. The number of hydrogen-bond acceptors (Lipinski definition) is 2. The third-order valence-electron chi connectivity index (χ3n) is 5.96. The van der Waals surface area contributed by atoms with Crippen molar-refractivity contribution in [2.75, 3.05) is 26.2 Å². The lowest BCUT2D eigenvalue weighted by Crippen LogP contribution is -2.32. The Labute approximate surface area is 191 Å². The van der Waals surface area contributed by atoms with Crippen LogP contribution in [0.1, 0.15) is 123 Å². The van der Waals surface area contributed by atoms with Crippen LogP contribution in [-0.4, -0.2) is 58.4 Å². The largest absolute Gasteiger partial charge is 0.465 e. The molecule has 0 saturated carbocycles. The Morgan fingerprint density at radius 2 is 0.677 bits per heavy atom. The molecule has 0 fully saturated rings. The molecule has 6 nitrogen and oxygen atoms in total. The molecule has 0 unspecified atom stereocenters. The highest BCUT2D eigenvalue weighted by molar-refractivity contribution is 5.65. The molecule has 0 aliphatic carbocycles. The van der Waals surface area contributed by atoms with Crippen molar-refractivity contribution >= 4 is 12.2 Å². The summed E-state index contributed by atoms with van der Waals surface area (Å²) in [5, 5.41) is 18.8. The highest BCUT2D eigenvalue weighted by Crippen LogP contribution is 2.10. The second-order valence-corrected chi connectivity index (χ2v) is 8.84. The summed E-state index contributed by atoms with van der Waals surface area (Å²) in [4.78, 5) is 25.9. The van der Waals surface area contributed by atoms with E-state index in [1.54, 1.807) is 0 Å². The predicted octanol–water partition coefficient (Wildman–Crippen LogP) is 7.62. The number of hydrogen-bond donors (Lipinski definition) is 2. The molecule has 0 saturated heterocycles. The van der Waals surface area contributed by atoms with Gasteiger partial charge in [0.1, 0.15) is 0 Å². The molecule has 0 spiro atoms. The zero-order valence-corrected chi connectivity index (χ0v) is 20.5. The minimum absolute atomic E-state index is 0.552. The van der Waals surface area contributed by atoms with Crippen LogP contribution in [0.4, 0.5) is 9.59 Å². The molecule has 0 aliphatic rings. The quantitative estimate of drug-likeness (QED) is 0.169. The van der Waals surface area contributed by atoms with Crippen molar-refractivity contribution in [2.45, 2.75) is 123 Å². The highest BCUT2D eigenvalue weighted by atomic mass is 16.4. The van der Waals surface area contributed by atoms with Crippen molar-refractivity contribution in [3.8, 4) is 0 Å². The monoisotopic (exact) mass is 442 g/mol. The lowest BCUT2D eigenvalue weighted by atomic mass is 10.1. The Hall–Kier alpha value is -1.46. The number of rotatable bonds is 22. The van der Waals surface area contributed by atoms with E-state index in [4.69, 9.17) is 0 Å². The molecule has 0 atom stereocenters. The van der Waals surface area contributed by atoms with Gasteiger partial charge in [0.05, 0.1) is 0 Å². The van der Waals surface area contributed by atoms with Crippen LogP contribution in [0.25, 0.3) is 0 Å². The van der Waals surface area contributed by atoms with E-state index < -0.39 is 12.2 Å². The highest BCUT2D eigenvalue weighted by Gasteiger charge is 2.12. The summed E-state index contributed by atoms with van der Waals surface area (Å²) in [6, 6.07) is 0. The predicted molar refractivity (Wildman–Crippen MR) is 129 cm³/mol. The summed E-state index contributed by atoms with van der Waals surface area (Å²) < 4.78 is 0. The van der Waals surface area contributed by atoms with E-state index in [0.717, 1.165) is 44.9 Å². The SMILES string of the molecule is CCCCCCCCCN(CCCCCN(CCCCCCCCC)C(=O)O)C(=O)O. The van der Waals surface area contributed by atoms with E-state index in [0.29, 0.717) is 26.2 Å². The molecule has 0 aromatic heterocycles. The summed E-state index contributed by atoms with van der Waals surface area (Å²) >= 11 is 0. The molecule has 0 heterocycles. The van der Waals surface area contributed by atoms with Gasteiger partial charge in [0.25, 0.3) is 0 Å². The van der Waals surface area contributed by atoms with E-state index >= 15 is 0 Å². The van der Waals surface area contributed by atoms with Crippen LogP contribution in [-0.2, 0) is 0 Å². The Balaban J connectivity index is 3.85. The average Bonchev–Trinajstić information content (AvgIpc) is 2.74. The van der Waals surface area contributed by atoms with Gasteiger partial charge in [0.2, 0.25) is 0 Å². The fourth-order valence-corrected chi connectivity index (χ4v) is 3.91. The summed E-state index contributed by atoms with van der Waals surface area (Å²) in [7, 11) is 0. The topological polar surface area (TPSA) is 81.1 Å². The van der Waals surface area contributed by atoms with E-state index in [9.17, 15) is 19.8 Å². The van der Waals surface area contributed by atoms with Crippen molar-refractivity contribution in [1.82, 2.24) is 9.80 Å². The summed E-state index contributed by atoms with van der Waals surface area (Å²) in [5.74, 6) is 0. The fourth-order valence-electron chi connectivity index (χ4n) is 3.91. The maximum Gasteiger partial charge on any atom is 0.407 e. The number of carbonyl (C=O) groups is 2. The smallest absolute Gasteiger partial charge is 0.407 e. The van der Waals surface area contributed by atoms with Crippen LogP contribution >= 0.6 is 0 Å². The molecular weight excluding hydrogens is 392 g/mol. The molecule has 0 aromatic rings. The minimum atomic E-state index is -0.836. The second-order valence-electron chi connectivity index (χ2n) is 8.84. The normalized spacial score (nSPS) is 10.9. The zero-order valence-electron chi connectivity index (χ0n) is 20.5. The van der Waals surface area contributed by atoms with Crippen molar-refractivity contribution in [1.29, 1.82) is 0 Å². The minimum Gasteiger partial charge on any atom is -0.465 e. The molecular formula is C25H50N2O4. The van der Waals surface area contributed by atoms with Gasteiger partial charge in [-0.1, -0.05) is 90.9 Å². The van der Waals surface area contributed by atoms with Crippen LogP contribution in [0.15, 0.2) is 0 Å². The maximum absolute atomic E-state index is 11.4. The molecule has 6 heteroatoms. The first kappa shape index (κ1) is 29.5. The number of carboxylic acid groups (broad SMARTS) is 2. The summed E-state index contributed by atoms with van der Waals surface area (Å²) in [6.45, 7) is 6.75. The van der Waals surface area contributed by atoms with Crippen LogP contribution in [0.2, 0.25) is 0 Å². The molecule has 0 aromatic carbocycles. The second kappa shape index (κ2) is 21.8. The summed E-state index contributed by atoms with van der Waals surface area (Å²) in [6.07, 6.45) is 17.4. The fraction of sp³-hybridized carbons (Fsp3) is 0.920. The number of nitrogens with zero attached hydrogens (tertiary/aromatic N) is 2. The lowest BCUT2D eigenvalue weighted by molar-refractivity contribution is 0.140. The van der Waals surface area contributed by atoms with Gasteiger partial charge in [-0.25, -0.2) is 9.59 Å². The lowest BCUT2D eigenvalue weighted by Gasteiger charge is -2.21. The van der Waals surface area contributed by atoms with Gasteiger partial charge in [-0.15, -0.1) is 0 Å². The van der Waals surface area contributed by atoms with Gasteiger partial charge in [-0.3, -0.25) is 0 Å². The van der Waals surface area contributed by atoms with Gasteiger partial charge < -0.3 is 20.0 Å². The Morgan fingerprint density at radius 3 is 0.935 bits per heavy atom. The van der Waals surface area contributed by atoms with Gasteiger partial charge >= 0.3 is 12.2 Å². The van der Waals surface area contributed by atoms with E-state index in [-0.39, 0.29) is 0 Å². The molecule has 2 N–H and O–H groups in total. The third-order valence-corrected chi connectivity index (χ3v) is 5.96. The molecule has 0 aliphatic heterocycles. The number of amides is 2. The van der Waals surface area contributed by atoms with E-state index in [2.05, 4.69) is 13.8 Å². The van der Waals surface area contributed by atoms with Crippen molar-refractivity contribution in [2.24, 2.45) is 0 Å². The zero-order chi connectivity index (χ0) is 23.2. The average molecular weight is 443 g/mol. The van der Waals surface area contributed by atoms with Crippen molar-refractivity contribution in [3.63, 3.8) is 0 Å². The Morgan fingerprint density at radius 1 is 0.452 bits per heavy atom. The van der Waals surface area contributed by atoms with Crippen molar-refractivity contribution < 1.29 is 19.8 Å². The van der Waals surface area contributed by atoms with Crippen LogP contribution in [0.5, 0.6) is 0 Å². The Kier molecular flexibility index (Phi) is 20.7. The molecule has 2 amide bonds. The van der Waals surface area contributed by atoms with Crippen LogP contribution < -0.4 is 0 Å². The first-order chi connectivity index (χ1) is 15.0. The van der Waals surface area contributed by atoms with Gasteiger partial charge in [0, 0.05) is 26.2 Å². The van der Waals surface area contributed by atoms with E-state index in [1.165, 1.54) is 74.0 Å².